The number of nitrogens with one attached hydrogen (secondary N) is 3. The number of likely N-dealkylation sites (tertiary alicyclic amines) is 2. The minimum absolute atomic E-state index is 0.0200. The molecule has 4 heterocycles. The number of carbonyl (C=O) groups is 2. The van der Waals surface area contributed by atoms with Gasteiger partial charge in [-0.05, 0) is 38.3 Å². The van der Waals surface area contributed by atoms with Gasteiger partial charge in [0.05, 0.1) is 18.2 Å². The fourth-order valence-electron chi connectivity index (χ4n) is 5.50. The molecule has 0 radical (unpaired) electrons. The van der Waals surface area contributed by atoms with Crippen LogP contribution in [0.25, 0.3) is 0 Å². The summed E-state index contributed by atoms with van der Waals surface area (Å²) in [6.07, 6.45) is 0.642. The van der Waals surface area contributed by atoms with E-state index in [1.165, 1.54) is 0 Å². The zero-order chi connectivity index (χ0) is 20.7. The summed E-state index contributed by atoms with van der Waals surface area (Å²) >= 11 is 0. The Kier molecular flexibility index (Phi) is 6.08. The summed E-state index contributed by atoms with van der Waals surface area (Å²) in [5, 5.41) is 8.11. The number of piperidine rings is 2. The average Bonchev–Trinajstić information content (AvgIpc) is 2.99. The van der Waals surface area contributed by atoms with Crippen LogP contribution in [0.2, 0.25) is 0 Å². The van der Waals surface area contributed by atoms with Gasteiger partial charge in [-0.3, -0.25) is 14.9 Å². The molecule has 0 aromatic rings. The van der Waals surface area contributed by atoms with Crippen LogP contribution in [0.3, 0.4) is 0 Å². The van der Waals surface area contributed by atoms with E-state index in [0.29, 0.717) is 18.3 Å². The maximum Gasteiger partial charge on any atom is 0.229 e. The molecule has 0 saturated carbocycles. The lowest BCUT2D eigenvalue weighted by molar-refractivity contribution is -0.135. The highest BCUT2D eigenvalue weighted by atomic mass is 19.1. The molecule has 0 spiro atoms. The average molecular weight is 412 g/mol. The monoisotopic (exact) mass is 411 g/mol. The fourth-order valence-corrected chi connectivity index (χ4v) is 5.50. The minimum atomic E-state index is -0.977. The van der Waals surface area contributed by atoms with Crippen molar-refractivity contribution in [2.24, 2.45) is 23.5 Å². The predicted octanol–water partition coefficient (Wildman–Crippen LogP) is -1.72. The number of likely N-dealkylation sites (N-methyl/N-ethyl adjacent to an activating group) is 1. The molecule has 4 saturated heterocycles. The van der Waals surface area contributed by atoms with Crippen LogP contribution >= 0.6 is 0 Å². The molecule has 0 aromatic carbocycles. The van der Waals surface area contributed by atoms with Crippen LogP contribution < -0.4 is 21.8 Å². The molecule has 9 nitrogen and oxygen atoms in total. The molecule has 0 bridgehead atoms. The Balaban J connectivity index is 1.44. The third-order valence-corrected chi connectivity index (χ3v) is 7.09. The number of fused-ring (bicyclic) bond motifs is 1. The molecule has 0 aromatic heterocycles. The van der Waals surface area contributed by atoms with E-state index >= 15 is 0 Å². The quantitative estimate of drug-likeness (QED) is 0.438. The number of carbonyl (C=O) groups excluding carboxylic acids is 2. The van der Waals surface area contributed by atoms with E-state index in [2.05, 4.69) is 28.0 Å². The van der Waals surface area contributed by atoms with Crippen LogP contribution in [0, 0.1) is 17.8 Å². The molecule has 5 N–H and O–H groups in total. The number of hydrogen-bond donors (Lipinski definition) is 4. The third-order valence-electron chi connectivity index (χ3n) is 7.09. The van der Waals surface area contributed by atoms with Crippen LogP contribution in [0.1, 0.15) is 19.3 Å². The normalized spacial score (nSPS) is 42.0. The van der Waals surface area contributed by atoms with E-state index in [1.807, 2.05) is 11.9 Å². The lowest BCUT2D eigenvalue weighted by Gasteiger charge is -2.44. The highest BCUT2D eigenvalue weighted by Gasteiger charge is 2.48. The molecule has 29 heavy (non-hydrogen) atoms. The molecule has 4 aliphatic rings. The first-order chi connectivity index (χ1) is 13.8. The van der Waals surface area contributed by atoms with E-state index in [1.54, 1.807) is 5.01 Å². The topological polar surface area (TPSA) is 106 Å². The van der Waals surface area contributed by atoms with Gasteiger partial charge in [0.15, 0.2) is 0 Å². The van der Waals surface area contributed by atoms with E-state index < -0.39 is 18.3 Å². The predicted molar refractivity (Wildman–Crippen MR) is 106 cm³/mol. The molecule has 7 unspecified atom stereocenters. The maximum absolute atomic E-state index is 13.7. The molecule has 2 amide bonds. The van der Waals surface area contributed by atoms with E-state index in [0.717, 1.165) is 32.5 Å². The van der Waals surface area contributed by atoms with Gasteiger partial charge in [-0.25, -0.2) is 14.8 Å². The molecular weight excluding hydrogens is 377 g/mol. The molecule has 10 heteroatoms. The second kappa shape index (κ2) is 8.43. The minimum Gasteiger partial charge on any atom is -0.351 e. The first-order valence-corrected chi connectivity index (χ1v) is 10.7. The Morgan fingerprint density at radius 1 is 1.24 bits per heavy atom. The summed E-state index contributed by atoms with van der Waals surface area (Å²) in [5.74, 6) is 0.358. The van der Waals surface area contributed by atoms with Crippen molar-refractivity contribution in [2.75, 3.05) is 46.8 Å². The van der Waals surface area contributed by atoms with Gasteiger partial charge in [0.2, 0.25) is 11.8 Å². The third kappa shape index (κ3) is 4.27. The van der Waals surface area contributed by atoms with Gasteiger partial charge in [-0.15, -0.1) is 0 Å². The number of nitrogens with two attached hydrogens (primary N) is 1. The van der Waals surface area contributed by atoms with Gasteiger partial charge in [0.25, 0.3) is 0 Å². The van der Waals surface area contributed by atoms with Crippen molar-refractivity contribution in [1.82, 2.24) is 30.9 Å². The van der Waals surface area contributed by atoms with Crippen molar-refractivity contribution >= 4 is 11.8 Å². The Morgan fingerprint density at radius 2 is 2.03 bits per heavy atom. The molecule has 4 aliphatic heterocycles. The highest BCUT2D eigenvalue weighted by molar-refractivity contribution is 5.81. The Bertz CT molecular complexity index is 638. The smallest absolute Gasteiger partial charge is 0.229 e. The number of nitrogens with zero attached hydrogens (tertiary/aromatic N) is 3. The first kappa shape index (κ1) is 20.9. The van der Waals surface area contributed by atoms with Crippen LogP contribution in [0.4, 0.5) is 4.39 Å². The lowest BCUT2D eigenvalue weighted by Crippen LogP contribution is -2.61. The van der Waals surface area contributed by atoms with Crippen molar-refractivity contribution in [1.29, 1.82) is 0 Å². The van der Waals surface area contributed by atoms with Gasteiger partial charge >= 0.3 is 0 Å². The number of hydrogen-bond acceptors (Lipinski definition) is 7. The number of hydrazine groups is 1. The number of rotatable bonds is 3. The van der Waals surface area contributed by atoms with Crippen LogP contribution in [-0.4, -0.2) is 98.0 Å². The molecule has 4 rings (SSSR count). The van der Waals surface area contributed by atoms with Crippen LogP contribution in [0.15, 0.2) is 0 Å². The Labute approximate surface area is 171 Å². The summed E-state index contributed by atoms with van der Waals surface area (Å²) < 4.78 is 13.7. The van der Waals surface area contributed by atoms with Crippen molar-refractivity contribution in [3.63, 3.8) is 0 Å². The summed E-state index contributed by atoms with van der Waals surface area (Å²) in [6, 6.07) is 0.0200. The second-order valence-corrected chi connectivity index (χ2v) is 9.19. The lowest BCUT2D eigenvalue weighted by atomic mass is 9.76. The van der Waals surface area contributed by atoms with E-state index in [-0.39, 0.29) is 37.1 Å². The van der Waals surface area contributed by atoms with E-state index in [9.17, 15) is 14.0 Å². The van der Waals surface area contributed by atoms with Crippen LogP contribution in [-0.2, 0) is 9.59 Å². The summed E-state index contributed by atoms with van der Waals surface area (Å²) in [7, 11) is 3.93. The standard InChI is InChI=1S/C19H34FN7O2/c1-25-6-5-13(11-3-4-15(28)26(2)8-11)14(10-25)23-19(29)16-17(21)24-27-9-12(20)7-22-18(16)27/h11-14,16-18,22,24H,3-10,21H2,1-2H3,(H,23,29). The fraction of sp³-hybridized carbons (Fsp3) is 0.895. The van der Waals surface area contributed by atoms with Crippen LogP contribution in [0.5, 0.6) is 0 Å². The van der Waals surface area contributed by atoms with Crippen molar-refractivity contribution in [3.8, 4) is 0 Å². The molecular formula is C19H34FN7O2. The van der Waals surface area contributed by atoms with Gasteiger partial charge in [0.1, 0.15) is 6.17 Å². The molecule has 4 fully saturated rings. The zero-order valence-electron chi connectivity index (χ0n) is 17.3. The zero-order valence-corrected chi connectivity index (χ0v) is 17.3. The van der Waals surface area contributed by atoms with E-state index in [4.69, 9.17) is 5.73 Å². The number of halogens is 1. The number of amides is 2. The van der Waals surface area contributed by atoms with Gasteiger partial charge in [0, 0.05) is 45.7 Å². The van der Waals surface area contributed by atoms with Crippen molar-refractivity contribution < 1.29 is 14.0 Å². The SMILES string of the molecule is CN1CCC(C2CCC(=O)N(C)C2)C(NC(=O)C2C(N)NN3CC(F)CNC23)C1. The summed E-state index contributed by atoms with van der Waals surface area (Å²) in [5.41, 5.74) is 9.24. The van der Waals surface area contributed by atoms with Gasteiger partial charge < -0.3 is 20.9 Å². The summed E-state index contributed by atoms with van der Waals surface area (Å²) in [6.45, 7) is 2.99. The summed E-state index contributed by atoms with van der Waals surface area (Å²) in [4.78, 5) is 29.2. The van der Waals surface area contributed by atoms with Gasteiger partial charge in [-0.1, -0.05) is 0 Å². The van der Waals surface area contributed by atoms with Gasteiger partial charge in [-0.2, -0.15) is 0 Å². The number of alkyl halides is 1. The van der Waals surface area contributed by atoms with Crippen molar-refractivity contribution in [3.05, 3.63) is 0 Å². The Morgan fingerprint density at radius 3 is 2.79 bits per heavy atom. The maximum atomic E-state index is 13.7. The Hall–Kier alpha value is -1.33. The first-order valence-electron chi connectivity index (χ1n) is 10.7. The highest BCUT2D eigenvalue weighted by Crippen LogP contribution is 2.32. The molecule has 164 valence electrons. The largest absolute Gasteiger partial charge is 0.351 e. The second-order valence-electron chi connectivity index (χ2n) is 9.19. The van der Waals surface area contributed by atoms with Crippen molar-refractivity contribution in [2.45, 2.75) is 43.8 Å². The molecule has 7 atom stereocenters. The molecule has 0 aliphatic carbocycles.